The van der Waals surface area contributed by atoms with Crippen LogP contribution in [0.4, 0.5) is 0 Å². The highest BCUT2D eigenvalue weighted by Gasteiger charge is 2.11. The smallest absolute Gasteiger partial charge is 0.271 e. The topological polar surface area (TPSA) is 29.1 Å². The Kier molecular flexibility index (Phi) is 10.7. The van der Waals surface area contributed by atoms with Crippen LogP contribution in [0.25, 0.3) is 0 Å². The Hall–Kier alpha value is -0.480. The minimum Gasteiger partial charge on any atom is -0.298 e. The van der Waals surface area contributed by atoms with Gasteiger partial charge in [-0.25, -0.2) is 0 Å². The van der Waals surface area contributed by atoms with Gasteiger partial charge in [0.1, 0.15) is 0 Å². The van der Waals surface area contributed by atoms with Gasteiger partial charge in [-0.3, -0.25) is 9.52 Å². The Balaban J connectivity index is 2.02. The lowest BCUT2D eigenvalue weighted by molar-refractivity contribution is 0.0988. The zero-order valence-corrected chi connectivity index (χ0v) is 14.9. The van der Waals surface area contributed by atoms with Gasteiger partial charge in [-0.1, -0.05) is 77.5 Å². The minimum absolute atomic E-state index is 0.0737. The monoisotopic (exact) mass is 327 g/mol. The third-order valence-corrected chi connectivity index (χ3v) is 5.01. The van der Waals surface area contributed by atoms with Crippen LogP contribution < -0.4 is 4.72 Å². The summed E-state index contributed by atoms with van der Waals surface area (Å²) in [5, 5.41) is 1.99. The number of hydrogen-bond acceptors (Lipinski definition) is 3. The lowest BCUT2D eigenvalue weighted by Gasteiger charge is -2.04. The average molecular weight is 328 g/mol. The quantitative estimate of drug-likeness (QED) is 0.369. The maximum absolute atomic E-state index is 11.6. The third-order valence-electron chi connectivity index (χ3n) is 3.85. The minimum atomic E-state index is -0.0737. The molecule has 1 aromatic rings. The van der Waals surface area contributed by atoms with Gasteiger partial charge < -0.3 is 0 Å². The highest BCUT2D eigenvalue weighted by Crippen LogP contribution is 2.20. The van der Waals surface area contributed by atoms with Crippen LogP contribution in [0.3, 0.4) is 0 Å². The second kappa shape index (κ2) is 12.1. The molecule has 0 bridgehead atoms. The standard InChI is InChI=1S/C17H29NOS2/c1-2-3-4-5-6-7-8-9-10-11-12-15-13-14-21-16(15)17(19)18-20/h13-14,20H,2-12H2,1H3,(H,18,19). The lowest BCUT2D eigenvalue weighted by atomic mass is 10.0. The number of nitrogens with one attached hydrogen (secondary N) is 1. The number of hydrogen-bond donors (Lipinski definition) is 2. The molecular weight excluding hydrogens is 298 g/mol. The summed E-state index contributed by atoms with van der Waals surface area (Å²) in [6, 6.07) is 2.07. The second-order valence-electron chi connectivity index (χ2n) is 5.65. The normalized spacial score (nSPS) is 10.8. The molecule has 4 heteroatoms. The Morgan fingerprint density at radius 3 is 2.19 bits per heavy atom. The molecule has 2 nitrogen and oxygen atoms in total. The van der Waals surface area contributed by atoms with Gasteiger partial charge >= 0.3 is 0 Å². The van der Waals surface area contributed by atoms with E-state index in [1.54, 1.807) is 0 Å². The molecular formula is C17H29NOS2. The number of unbranched alkanes of at least 4 members (excludes halogenated alkanes) is 9. The molecule has 0 unspecified atom stereocenters. The van der Waals surface area contributed by atoms with Crippen molar-refractivity contribution in [3.05, 3.63) is 21.9 Å². The molecule has 0 atom stereocenters. The highest BCUT2D eigenvalue weighted by atomic mass is 32.1. The number of aryl methyl sites for hydroxylation is 1. The maximum Gasteiger partial charge on any atom is 0.271 e. The molecule has 120 valence electrons. The SMILES string of the molecule is CCCCCCCCCCCCc1ccsc1C(=O)NS. The van der Waals surface area contributed by atoms with E-state index < -0.39 is 0 Å². The summed E-state index contributed by atoms with van der Waals surface area (Å²) in [5.41, 5.74) is 1.17. The van der Waals surface area contributed by atoms with Crippen LogP contribution in [-0.2, 0) is 6.42 Å². The fourth-order valence-corrected chi connectivity index (χ4v) is 3.62. The van der Waals surface area contributed by atoms with E-state index >= 15 is 0 Å². The molecule has 0 fully saturated rings. The summed E-state index contributed by atoms with van der Waals surface area (Å²) in [7, 11) is 0. The fourth-order valence-electron chi connectivity index (χ4n) is 2.59. The molecule has 1 aromatic heterocycles. The molecule has 0 spiro atoms. The summed E-state index contributed by atoms with van der Waals surface area (Å²) in [4.78, 5) is 12.4. The molecule has 0 aliphatic heterocycles. The van der Waals surface area contributed by atoms with Gasteiger partial charge in [0.25, 0.3) is 5.91 Å². The van der Waals surface area contributed by atoms with Crippen LogP contribution in [0.1, 0.15) is 86.4 Å². The first-order valence-corrected chi connectivity index (χ1v) is 9.63. The largest absolute Gasteiger partial charge is 0.298 e. The van der Waals surface area contributed by atoms with Crippen molar-refractivity contribution in [3.8, 4) is 0 Å². The van der Waals surface area contributed by atoms with Gasteiger partial charge in [-0.05, 0) is 29.9 Å². The van der Waals surface area contributed by atoms with Crippen molar-refractivity contribution < 1.29 is 4.79 Å². The van der Waals surface area contributed by atoms with Gasteiger partial charge in [0, 0.05) is 0 Å². The van der Waals surface area contributed by atoms with Crippen molar-refractivity contribution >= 4 is 30.1 Å². The van der Waals surface area contributed by atoms with Crippen LogP contribution in [0, 0.1) is 0 Å². The first-order chi connectivity index (χ1) is 10.3. The van der Waals surface area contributed by atoms with Crippen molar-refractivity contribution in [3.63, 3.8) is 0 Å². The number of carbonyl (C=O) groups excluding carboxylic acids is 1. The van der Waals surface area contributed by atoms with Crippen molar-refractivity contribution in [2.24, 2.45) is 0 Å². The predicted octanol–water partition coefficient (Wildman–Crippen LogP) is 5.79. The van der Waals surface area contributed by atoms with E-state index in [2.05, 4.69) is 30.5 Å². The van der Waals surface area contributed by atoms with Gasteiger partial charge in [0.05, 0.1) is 4.88 Å². The summed E-state index contributed by atoms with van der Waals surface area (Å²) in [6.07, 6.45) is 14.5. The van der Waals surface area contributed by atoms with Crippen LogP contribution in [0.2, 0.25) is 0 Å². The molecule has 1 N–H and O–H groups in total. The number of thiol groups is 1. The van der Waals surface area contributed by atoms with E-state index in [0.29, 0.717) is 0 Å². The molecule has 0 saturated carbocycles. The highest BCUT2D eigenvalue weighted by molar-refractivity contribution is 7.78. The van der Waals surface area contributed by atoms with E-state index in [1.165, 1.54) is 81.1 Å². The zero-order chi connectivity index (χ0) is 15.3. The summed E-state index contributed by atoms with van der Waals surface area (Å²) >= 11 is 5.34. The maximum atomic E-state index is 11.6. The third kappa shape index (κ3) is 7.91. The van der Waals surface area contributed by atoms with Crippen LogP contribution in [0.15, 0.2) is 11.4 Å². The van der Waals surface area contributed by atoms with Crippen molar-refractivity contribution in [1.82, 2.24) is 4.72 Å². The first-order valence-electron chi connectivity index (χ1n) is 8.30. The molecule has 0 saturated heterocycles. The predicted molar refractivity (Wildman–Crippen MR) is 96.3 cm³/mol. The number of thiophene rings is 1. The van der Waals surface area contributed by atoms with Crippen LogP contribution >= 0.6 is 24.2 Å². The Bertz CT molecular complexity index is 390. The second-order valence-corrected chi connectivity index (χ2v) is 6.79. The molecule has 1 amide bonds. The fraction of sp³-hybridized carbons (Fsp3) is 0.706. The first kappa shape index (κ1) is 18.6. The number of carbonyl (C=O) groups is 1. The van der Waals surface area contributed by atoms with E-state index in [0.717, 1.165) is 11.3 Å². The zero-order valence-electron chi connectivity index (χ0n) is 13.2. The summed E-state index contributed by atoms with van der Waals surface area (Å²) < 4.78 is 2.41. The van der Waals surface area contributed by atoms with Crippen molar-refractivity contribution in [1.29, 1.82) is 0 Å². The van der Waals surface area contributed by atoms with E-state index in [4.69, 9.17) is 0 Å². The van der Waals surface area contributed by atoms with Gasteiger partial charge in [0.15, 0.2) is 0 Å². The molecule has 0 aliphatic carbocycles. The molecule has 0 aromatic carbocycles. The van der Waals surface area contributed by atoms with Gasteiger partial charge in [-0.2, -0.15) is 0 Å². The van der Waals surface area contributed by atoms with Gasteiger partial charge in [0.2, 0.25) is 0 Å². The van der Waals surface area contributed by atoms with E-state index in [-0.39, 0.29) is 5.91 Å². The molecule has 1 rings (SSSR count). The molecule has 1 heterocycles. The van der Waals surface area contributed by atoms with E-state index in [1.807, 2.05) is 5.38 Å². The Morgan fingerprint density at radius 1 is 1.05 bits per heavy atom. The van der Waals surface area contributed by atoms with Crippen LogP contribution in [-0.4, -0.2) is 5.91 Å². The Labute approximate surface area is 139 Å². The summed E-state index contributed by atoms with van der Waals surface area (Å²) in [6.45, 7) is 2.26. The lowest BCUT2D eigenvalue weighted by Crippen LogP contribution is -2.12. The number of rotatable bonds is 12. The van der Waals surface area contributed by atoms with Crippen molar-refractivity contribution in [2.75, 3.05) is 0 Å². The molecule has 0 radical (unpaired) electrons. The van der Waals surface area contributed by atoms with Crippen LogP contribution in [0.5, 0.6) is 0 Å². The number of amides is 1. The molecule has 21 heavy (non-hydrogen) atoms. The van der Waals surface area contributed by atoms with Crippen molar-refractivity contribution in [2.45, 2.75) is 77.6 Å². The average Bonchev–Trinajstić information content (AvgIpc) is 2.97. The Morgan fingerprint density at radius 2 is 1.62 bits per heavy atom. The summed E-state index contributed by atoms with van der Waals surface area (Å²) in [5.74, 6) is -0.0737. The van der Waals surface area contributed by atoms with E-state index in [9.17, 15) is 4.79 Å². The molecule has 0 aliphatic rings. The van der Waals surface area contributed by atoms with Gasteiger partial charge in [-0.15, -0.1) is 11.3 Å².